The fourth-order valence-electron chi connectivity index (χ4n) is 2.52. The lowest BCUT2D eigenvalue weighted by Gasteiger charge is -2.09. The van der Waals surface area contributed by atoms with E-state index >= 15 is 0 Å². The van der Waals surface area contributed by atoms with Crippen molar-refractivity contribution in [3.63, 3.8) is 0 Å². The fraction of sp³-hybridized carbons (Fsp3) is 0.143. The molecule has 0 saturated carbocycles. The molecule has 0 heterocycles. The minimum absolute atomic E-state index is 0.152. The smallest absolute Gasteiger partial charge is 0.325 e. The summed E-state index contributed by atoms with van der Waals surface area (Å²) in [6.45, 7) is -0.182. The van der Waals surface area contributed by atoms with E-state index in [1.165, 1.54) is 0 Å². The molecule has 26 heavy (non-hydrogen) atoms. The highest BCUT2D eigenvalue weighted by molar-refractivity contribution is 5.86. The van der Waals surface area contributed by atoms with Gasteiger partial charge in [0.2, 0.25) is 0 Å². The number of nitrogens with one attached hydrogen (secondary N) is 1. The zero-order chi connectivity index (χ0) is 18.2. The van der Waals surface area contributed by atoms with Crippen molar-refractivity contribution in [1.82, 2.24) is 5.32 Å². The number of benzene rings is 3. The second-order valence-electron chi connectivity index (χ2n) is 5.68. The molecule has 5 heteroatoms. The van der Waals surface area contributed by atoms with E-state index in [1.54, 1.807) is 12.1 Å². The summed E-state index contributed by atoms with van der Waals surface area (Å²) in [6, 6.07) is 22.8. The maximum atomic E-state index is 11.9. The Morgan fingerprint density at radius 1 is 0.846 bits per heavy atom. The number of carbonyl (C=O) groups is 2. The molecule has 0 fully saturated rings. The molecule has 1 N–H and O–H groups in total. The first kappa shape index (κ1) is 17.5. The van der Waals surface area contributed by atoms with Gasteiger partial charge in [-0.2, -0.15) is 0 Å². The molecule has 0 unspecified atom stereocenters. The topological polar surface area (TPSA) is 64.6 Å². The Morgan fingerprint density at radius 2 is 1.58 bits per heavy atom. The van der Waals surface area contributed by atoms with Crippen LogP contribution in [0.25, 0.3) is 10.8 Å². The van der Waals surface area contributed by atoms with E-state index in [4.69, 9.17) is 9.47 Å². The third-order valence-electron chi connectivity index (χ3n) is 3.81. The third-order valence-corrected chi connectivity index (χ3v) is 3.81. The number of para-hydroxylation sites is 1. The van der Waals surface area contributed by atoms with Crippen molar-refractivity contribution in [3.8, 4) is 5.75 Å². The second-order valence-corrected chi connectivity index (χ2v) is 5.68. The van der Waals surface area contributed by atoms with Crippen LogP contribution in [0, 0.1) is 0 Å². The molecule has 0 aliphatic rings. The van der Waals surface area contributed by atoms with E-state index in [0.29, 0.717) is 5.75 Å². The van der Waals surface area contributed by atoms with Crippen LogP contribution < -0.4 is 10.1 Å². The monoisotopic (exact) mass is 349 g/mol. The van der Waals surface area contributed by atoms with Gasteiger partial charge in [-0.1, -0.05) is 60.7 Å². The van der Waals surface area contributed by atoms with Gasteiger partial charge in [-0.3, -0.25) is 9.59 Å². The summed E-state index contributed by atoms with van der Waals surface area (Å²) in [5, 5.41) is 4.62. The summed E-state index contributed by atoms with van der Waals surface area (Å²) in [6.07, 6.45) is 0. The molecule has 0 bridgehead atoms. The predicted octanol–water partition coefficient (Wildman–Crippen LogP) is 3.08. The predicted molar refractivity (Wildman–Crippen MR) is 98.7 cm³/mol. The quantitative estimate of drug-likeness (QED) is 0.666. The molecule has 0 aliphatic carbocycles. The SMILES string of the molecule is O=C(COc1ccccc1)NCC(=O)OCc1cccc2ccccc12. The highest BCUT2D eigenvalue weighted by atomic mass is 16.5. The molecule has 0 aromatic heterocycles. The summed E-state index contributed by atoms with van der Waals surface area (Å²) in [5.41, 5.74) is 0.926. The Hall–Kier alpha value is -3.34. The van der Waals surface area contributed by atoms with Gasteiger partial charge in [0.25, 0.3) is 5.91 Å². The Kier molecular flexibility index (Phi) is 5.83. The number of amides is 1. The molecular formula is C21H19NO4. The van der Waals surface area contributed by atoms with Crippen LogP contribution in [0.5, 0.6) is 5.75 Å². The van der Waals surface area contributed by atoms with Gasteiger partial charge in [-0.25, -0.2) is 0 Å². The van der Waals surface area contributed by atoms with Crippen molar-refractivity contribution < 1.29 is 19.1 Å². The number of ether oxygens (including phenoxy) is 2. The van der Waals surface area contributed by atoms with E-state index in [0.717, 1.165) is 16.3 Å². The zero-order valence-corrected chi connectivity index (χ0v) is 14.2. The Labute approximate surface area is 151 Å². The summed E-state index contributed by atoms with van der Waals surface area (Å²) < 4.78 is 10.6. The van der Waals surface area contributed by atoms with Crippen LogP contribution in [-0.4, -0.2) is 25.0 Å². The van der Waals surface area contributed by atoms with Crippen LogP contribution in [-0.2, 0) is 20.9 Å². The molecule has 132 valence electrons. The molecule has 0 radical (unpaired) electrons. The standard InChI is InChI=1S/C21H19NO4/c23-20(15-25-18-10-2-1-3-11-18)22-13-21(24)26-14-17-9-6-8-16-7-4-5-12-19(16)17/h1-12H,13-15H2,(H,22,23). The van der Waals surface area contributed by atoms with Gasteiger partial charge < -0.3 is 14.8 Å². The first-order chi connectivity index (χ1) is 12.7. The average Bonchev–Trinajstić information content (AvgIpc) is 2.70. The molecule has 3 aromatic rings. The Bertz CT molecular complexity index is 887. The van der Waals surface area contributed by atoms with Crippen LogP contribution in [0.1, 0.15) is 5.56 Å². The Balaban J connectivity index is 1.43. The fourth-order valence-corrected chi connectivity index (χ4v) is 2.52. The van der Waals surface area contributed by atoms with Crippen molar-refractivity contribution in [3.05, 3.63) is 78.4 Å². The molecule has 3 rings (SSSR count). The van der Waals surface area contributed by atoms with E-state index in [2.05, 4.69) is 5.32 Å². The van der Waals surface area contributed by atoms with Gasteiger partial charge in [0.15, 0.2) is 6.61 Å². The maximum absolute atomic E-state index is 11.9. The lowest BCUT2D eigenvalue weighted by Crippen LogP contribution is -2.34. The number of hydrogen-bond acceptors (Lipinski definition) is 4. The number of esters is 1. The van der Waals surface area contributed by atoms with Crippen molar-refractivity contribution >= 4 is 22.6 Å². The normalized spacial score (nSPS) is 10.3. The largest absolute Gasteiger partial charge is 0.484 e. The first-order valence-corrected chi connectivity index (χ1v) is 8.29. The van der Waals surface area contributed by atoms with Crippen molar-refractivity contribution in [2.45, 2.75) is 6.61 Å². The minimum atomic E-state index is -0.494. The average molecular weight is 349 g/mol. The summed E-state index contributed by atoms with van der Waals surface area (Å²) >= 11 is 0. The molecule has 3 aromatic carbocycles. The van der Waals surface area contributed by atoms with Crippen molar-refractivity contribution in [2.24, 2.45) is 0 Å². The lowest BCUT2D eigenvalue weighted by molar-refractivity contribution is -0.145. The van der Waals surface area contributed by atoms with Gasteiger partial charge in [-0.15, -0.1) is 0 Å². The highest BCUT2D eigenvalue weighted by Gasteiger charge is 2.09. The molecule has 0 saturated heterocycles. The second kappa shape index (κ2) is 8.67. The molecule has 1 amide bonds. The van der Waals surface area contributed by atoms with Crippen LogP contribution in [0.4, 0.5) is 0 Å². The van der Waals surface area contributed by atoms with Crippen molar-refractivity contribution in [1.29, 1.82) is 0 Å². The highest BCUT2D eigenvalue weighted by Crippen LogP contribution is 2.19. The van der Waals surface area contributed by atoms with Gasteiger partial charge in [0.05, 0.1) is 0 Å². The van der Waals surface area contributed by atoms with E-state index < -0.39 is 5.97 Å². The molecule has 0 spiro atoms. The number of rotatable bonds is 7. The van der Waals surface area contributed by atoms with Crippen molar-refractivity contribution in [2.75, 3.05) is 13.2 Å². The van der Waals surface area contributed by atoms with E-state index in [1.807, 2.05) is 60.7 Å². The van der Waals surface area contributed by atoms with Crippen LogP contribution in [0.3, 0.4) is 0 Å². The molecule has 5 nitrogen and oxygen atoms in total. The summed E-state index contributed by atoms with van der Waals surface area (Å²) in [5.74, 6) is -0.275. The summed E-state index contributed by atoms with van der Waals surface area (Å²) in [4.78, 5) is 23.6. The maximum Gasteiger partial charge on any atom is 0.325 e. The van der Waals surface area contributed by atoms with Gasteiger partial charge in [-0.05, 0) is 28.5 Å². The Morgan fingerprint density at radius 3 is 2.42 bits per heavy atom. The van der Waals surface area contributed by atoms with E-state index in [-0.39, 0.29) is 25.7 Å². The van der Waals surface area contributed by atoms with Gasteiger partial charge in [0.1, 0.15) is 18.9 Å². The number of hydrogen-bond donors (Lipinski definition) is 1. The van der Waals surface area contributed by atoms with E-state index in [9.17, 15) is 9.59 Å². The first-order valence-electron chi connectivity index (χ1n) is 8.29. The molecule has 0 atom stereocenters. The number of fused-ring (bicyclic) bond motifs is 1. The summed E-state index contributed by atoms with van der Waals surface area (Å²) in [7, 11) is 0. The molecule has 0 aliphatic heterocycles. The molecular weight excluding hydrogens is 330 g/mol. The third kappa shape index (κ3) is 4.83. The number of carbonyl (C=O) groups excluding carboxylic acids is 2. The van der Waals surface area contributed by atoms with Crippen LogP contribution in [0.15, 0.2) is 72.8 Å². The van der Waals surface area contributed by atoms with Crippen LogP contribution >= 0.6 is 0 Å². The van der Waals surface area contributed by atoms with Crippen LogP contribution in [0.2, 0.25) is 0 Å². The van der Waals surface area contributed by atoms with Gasteiger partial charge in [0, 0.05) is 0 Å². The lowest BCUT2D eigenvalue weighted by atomic mass is 10.1. The van der Waals surface area contributed by atoms with Gasteiger partial charge >= 0.3 is 5.97 Å². The zero-order valence-electron chi connectivity index (χ0n) is 14.2. The minimum Gasteiger partial charge on any atom is -0.484 e.